The van der Waals surface area contributed by atoms with Gasteiger partial charge >= 0.3 is 0 Å². The van der Waals surface area contributed by atoms with Crippen LogP contribution in [0.4, 0.5) is 0 Å². The maximum absolute atomic E-state index is 9.53. The van der Waals surface area contributed by atoms with Crippen LogP contribution < -0.4 is 0 Å². The molecular formula is C17H30N2O. The minimum atomic E-state index is -0.0668. The predicted octanol–water partition coefficient (Wildman–Crippen LogP) is 2.73. The Hall–Kier alpha value is -0.410. The summed E-state index contributed by atoms with van der Waals surface area (Å²) in [4.78, 5) is 7.45. The zero-order chi connectivity index (χ0) is 14.4. The van der Waals surface area contributed by atoms with Crippen LogP contribution in [0.1, 0.15) is 52.9 Å². The Kier molecular flexibility index (Phi) is 3.70. The van der Waals surface area contributed by atoms with Crippen molar-refractivity contribution in [3.63, 3.8) is 0 Å². The van der Waals surface area contributed by atoms with Gasteiger partial charge in [-0.25, -0.2) is 0 Å². The van der Waals surface area contributed by atoms with E-state index in [4.69, 9.17) is 4.99 Å². The van der Waals surface area contributed by atoms with E-state index in [2.05, 4.69) is 25.7 Å². The van der Waals surface area contributed by atoms with Gasteiger partial charge in [-0.15, -0.1) is 0 Å². The Labute approximate surface area is 123 Å². The summed E-state index contributed by atoms with van der Waals surface area (Å²) < 4.78 is 0. The number of piperidine rings is 1. The first-order valence-electron chi connectivity index (χ1n) is 8.38. The predicted molar refractivity (Wildman–Crippen MR) is 83.2 cm³/mol. The number of rotatable bonds is 3. The van der Waals surface area contributed by atoms with E-state index in [9.17, 15) is 5.11 Å². The topological polar surface area (TPSA) is 35.8 Å². The van der Waals surface area contributed by atoms with Gasteiger partial charge in [0.15, 0.2) is 0 Å². The number of likely N-dealkylation sites (tertiary alicyclic amines) is 1. The number of nitrogens with zero attached hydrogens (tertiary/aromatic N) is 2. The average molecular weight is 278 g/mol. The van der Waals surface area contributed by atoms with Gasteiger partial charge in [0.25, 0.3) is 0 Å². The molecule has 0 aromatic heterocycles. The van der Waals surface area contributed by atoms with Crippen LogP contribution in [0, 0.1) is 16.7 Å². The van der Waals surface area contributed by atoms with Crippen molar-refractivity contribution in [2.75, 3.05) is 26.2 Å². The fourth-order valence-corrected chi connectivity index (χ4v) is 4.64. The van der Waals surface area contributed by atoms with Crippen molar-refractivity contribution in [3.8, 4) is 0 Å². The van der Waals surface area contributed by atoms with Gasteiger partial charge in [-0.2, -0.15) is 0 Å². The van der Waals surface area contributed by atoms with Crippen LogP contribution in [0.2, 0.25) is 0 Å². The molecule has 2 aliphatic carbocycles. The summed E-state index contributed by atoms with van der Waals surface area (Å²) in [6.45, 7) is 11.4. The fourth-order valence-electron chi connectivity index (χ4n) is 4.64. The third-order valence-corrected chi connectivity index (χ3v) is 6.79. The van der Waals surface area contributed by atoms with Crippen LogP contribution in [0.5, 0.6) is 0 Å². The Morgan fingerprint density at radius 2 is 1.90 bits per heavy atom. The number of hydrogen-bond acceptors (Lipinski definition) is 3. The molecular weight excluding hydrogens is 248 g/mol. The molecule has 1 N–H and O–H groups in total. The lowest BCUT2D eigenvalue weighted by molar-refractivity contribution is 0.0841. The molecule has 0 aromatic rings. The third-order valence-electron chi connectivity index (χ3n) is 6.79. The maximum atomic E-state index is 9.53. The second-order valence-electron chi connectivity index (χ2n) is 7.89. The Balaban J connectivity index is 1.56. The highest BCUT2D eigenvalue weighted by atomic mass is 16.3. The van der Waals surface area contributed by atoms with Crippen LogP contribution in [0.15, 0.2) is 4.99 Å². The van der Waals surface area contributed by atoms with Crippen LogP contribution in [-0.2, 0) is 0 Å². The summed E-state index contributed by atoms with van der Waals surface area (Å²) in [5, 5.41) is 9.53. The lowest BCUT2D eigenvalue weighted by atomic mass is 9.70. The van der Waals surface area contributed by atoms with Gasteiger partial charge in [0.2, 0.25) is 0 Å². The quantitative estimate of drug-likeness (QED) is 0.861. The van der Waals surface area contributed by atoms with Gasteiger partial charge in [0.1, 0.15) is 0 Å². The largest absolute Gasteiger partial charge is 0.393 e. The molecule has 3 aliphatic rings. The molecule has 20 heavy (non-hydrogen) atoms. The first kappa shape index (κ1) is 14.5. The normalized spacial score (nSPS) is 39.8. The molecule has 1 aliphatic heterocycles. The van der Waals surface area contributed by atoms with Crippen LogP contribution in [0.3, 0.4) is 0 Å². The maximum Gasteiger partial charge on any atom is 0.0564 e. The number of fused-ring (bicyclic) bond motifs is 2. The average Bonchev–Trinajstić information content (AvgIpc) is 2.74. The highest BCUT2D eigenvalue weighted by molar-refractivity contribution is 5.94. The van der Waals surface area contributed by atoms with E-state index in [1.165, 1.54) is 25.0 Å². The van der Waals surface area contributed by atoms with Gasteiger partial charge in [0.05, 0.1) is 12.6 Å². The molecule has 3 fully saturated rings. The second kappa shape index (κ2) is 5.10. The van der Waals surface area contributed by atoms with Crippen LogP contribution >= 0.6 is 0 Å². The molecule has 2 bridgehead atoms. The van der Waals surface area contributed by atoms with E-state index in [0.29, 0.717) is 10.8 Å². The second-order valence-corrected chi connectivity index (χ2v) is 7.89. The molecule has 3 nitrogen and oxygen atoms in total. The van der Waals surface area contributed by atoms with E-state index in [1.807, 2.05) is 0 Å². The van der Waals surface area contributed by atoms with Crippen LogP contribution in [0.25, 0.3) is 0 Å². The van der Waals surface area contributed by atoms with Crippen molar-refractivity contribution >= 4 is 5.71 Å². The molecule has 0 spiro atoms. The van der Waals surface area contributed by atoms with Crippen molar-refractivity contribution in [2.24, 2.45) is 21.7 Å². The third kappa shape index (κ3) is 2.23. The van der Waals surface area contributed by atoms with Crippen molar-refractivity contribution < 1.29 is 5.11 Å². The number of aliphatic imine (C=N–C) groups is 1. The van der Waals surface area contributed by atoms with E-state index >= 15 is 0 Å². The summed E-state index contributed by atoms with van der Waals surface area (Å²) in [5.74, 6) is 0.858. The molecule has 0 radical (unpaired) electrons. The summed E-state index contributed by atoms with van der Waals surface area (Å²) in [6, 6.07) is 0. The molecule has 1 saturated heterocycles. The number of aliphatic hydroxyl groups is 1. The highest BCUT2D eigenvalue weighted by Gasteiger charge is 2.59. The lowest BCUT2D eigenvalue weighted by Crippen LogP contribution is -2.37. The molecule has 0 amide bonds. The number of aliphatic hydroxyl groups excluding tert-OH is 1. The zero-order valence-electron chi connectivity index (χ0n) is 13.4. The van der Waals surface area contributed by atoms with E-state index in [1.54, 1.807) is 0 Å². The van der Waals surface area contributed by atoms with Gasteiger partial charge in [-0.3, -0.25) is 4.99 Å². The smallest absolute Gasteiger partial charge is 0.0564 e. The summed E-state index contributed by atoms with van der Waals surface area (Å²) in [6.07, 6.45) is 5.77. The zero-order valence-corrected chi connectivity index (χ0v) is 13.4. The summed E-state index contributed by atoms with van der Waals surface area (Å²) in [5.41, 5.74) is 2.30. The molecule has 3 heteroatoms. The molecule has 3 rings (SSSR count). The van der Waals surface area contributed by atoms with Gasteiger partial charge in [-0.1, -0.05) is 20.8 Å². The summed E-state index contributed by atoms with van der Waals surface area (Å²) in [7, 11) is 0. The number of hydrogen-bond donors (Lipinski definition) is 1. The Morgan fingerprint density at radius 1 is 1.20 bits per heavy atom. The highest BCUT2D eigenvalue weighted by Crippen LogP contribution is 2.63. The first-order chi connectivity index (χ1) is 9.43. The first-order valence-corrected chi connectivity index (χ1v) is 8.38. The molecule has 114 valence electrons. The standard InChI is InChI=1S/C17H30N2O/c1-16(2)13-4-7-17(16,3)15(12-13)18-8-11-19-9-5-14(20)6-10-19/h13-14,20H,4-12H2,1-3H3/t13-,17+/m1/s1. The van der Waals surface area contributed by atoms with Crippen molar-refractivity contribution in [1.82, 2.24) is 4.90 Å². The van der Waals surface area contributed by atoms with Gasteiger partial charge in [-0.05, 0) is 43.4 Å². The van der Waals surface area contributed by atoms with E-state index < -0.39 is 0 Å². The lowest BCUT2D eigenvalue weighted by Gasteiger charge is -2.35. The van der Waals surface area contributed by atoms with E-state index in [0.717, 1.165) is 44.9 Å². The minimum Gasteiger partial charge on any atom is -0.393 e. The van der Waals surface area contributed by atoms with Crippen molar-refractivity contribution in [3.05, 3.63) is 0 Å². The molecule has 1 heterocycles. The van der Waals surface area contributed by atoms with Gasteiger partial charge in [0, 0.05) is 30.8 Å². The Morgan fingerprint density at radius 3 is 2.45 bits per heavy atom. The van der Waals surface area contributed by atoms with Gasteiger partial charge < -0.3 is 10.0 Å². The van der Waals surface area contributed by atoms with Crippen molar-refractivity contribution in [2.45, 2.75) is 59.0 Å². The summed E-state index contributed by atoms with van der Waals surface area (Å²) >= 11 is 0. The van der Waals surface area contributed by atoms with Crippen molar-refractivity contribution in [1.29, 1.82) is 0 Å². The monoisotopic (exact) mass is 278 g/mol. The molecule has 0 unspecified atom stereocenters. The van der Waals surface area contributed by atoms with Crippen LogP contribution in [-0.4, -0.2) is 48.0 Å². The fraction of sp³-hybridized carbons (Fsp3) is 0.941. The Bertz CT molecular complexity index is 396. The molecule has 0 aromatic carbocycles. The van der Waals surface area contributed by atoms with E-state index in [-0.39, 0.29) is 6.10 Å². The SMILES string of the molecule is CC1(C)[C@@H]2CC[C@@]1(C)C(=NCCN1CCC(O)CC1)C2. The molecule has 2 atom stereocenters. The minimum absolute atomic E-state index is 0.0668. The molecule has 2 saturated carbocycles.